The van der Waals surface area contributed by atoms with E-state index in [1.54, 1.807) is 0 Å². The summed E-state index contributed by atoms with van der Waals surface area (Å²) >= 11 is 0. The minimum atomic E-state index is -3.35. The second kappa shape index (κ2) is 9.25. The molecule has 0 amide bonds. The van der Waals surface area contributed by atoms with Crippen molar-refractivity contribution < 1.29 is 23.1 Å². The molecule has 2 aliphatic rings. The van der Waals surface area contributed by atoms with Gasteiger partial charge in [0.1, 0.15) is 6.17 Å². The zero-order valence-corrected chi connectivity index (χ0v) is 17.8. The van der Waals surface area contributed by atoms with Crippen LogP contribution in [0.3, 0.4) is 0 Å². The smallest absolute Gasteiger partial charge is 0.283 e. The molecule has 2 saturated carbocycles. The molecule has 1 aromatic carbocycles. The Bertz CT molecular complexity index is 729. The first-order valence-electron chi connectivity index (χ1n) is 11.1. The van der Waals surface area contributed by atoms with Gasteiger partial charge in [0.25, 0.3) is 5.92 Å². The van der Waals surface area contributed by atoms with Gasteiger partial charge in [-0.1, -0.05) is 30.3 Å². The Morgan fingerprint density at radius 2 is 1.67 bits per heavy atom. The van der Waals surface area contributed by atoms with Crippen molar-refractivity contribution in [2.75, 3.05) is 0 Å². The summed E-state index contributed by atoms with van der Waals surface area (Å²) in [5, 5.41) is 10.4. The maximum Gasteiger partial charge on any atom is 0.283 e. The van der Waals surface area contributed by atoms with E-state index in [0.717, 1.165) is 32.3 Å². The van der Waals surface area contributed by atoms with Gasteiger partial charge in [-0.2, -0.15) is 0 Å². The average molecular weight is 423 g/mol. The molecule has 1 N–H and O–H groups in total. The molecular weight excluding hydrogens is 389 g/mol. The van der Waals surface area contributed by atoms with Crippen molar-refractivity contribution in [2.24, 2.45) is 17.8 Å². The average Bonchev–Trinajstić information content (AvgIpc) is 3.54. The molecule has 2 nitrogen and oxygen atoms in total. The van der Waals surface area contributed by atoms with Gasteiger partial charge in [0.05, 0.1) is 0 Å². The minimum Gasteiger partial charge on any atom is -0.379 e. The molecule has 0 aromatic heterocycles. The summed E-state index contributed by atoms with van der Waals surface area (Å²) in [6.45, 7) is 4.41. The van der Waals surface area contributed by atoms with Gasteiger partial charge in [0.15, 0.2) is 11.4 Å². The fourth-order valence-corrected chi connectivity index (χ4v) is 4.90. The molecule has 5 heteroatoms. The number of hydrogen-bond acceptors (Lipinski definition) is 2. The van der Waals surface area contributed by atoms with Crippen LogP contribution in [0.4, 0.5) is 13.2 Å². The molecule has 0 aliphatic heterocycles. The highest BCUT2D eigenvalue weighted by Crippen LogP contribution is 2.47. The predicted molar refractivity (Wildman–Crippen MR) is 112 cm³/mol. The fraction of sp³-hybridized carbons (Fsp3) is 0.640. The topological polar surface area (TPSA) is 37.3 Å². The van der Waals surface area contributed by atoms with Crippen molar-refractivity contribution in [2.45, 2.75) is 82.4 Å². The minimum absolute atomic E-state index is 0.0103. The number of halogens is 3. The van der Waals surface area contributed by atoms with Crippen molar-refractivity contribution in [1.29, 1.82) is 0 Å². The Hall–Kier alpha value is -1.62. The van der Waals surface area contributed by atoms with Gasteiger partial charge >= 0.3 is 0 Å². The van der Waals surface area contributed by atoms with E-state index < -0.39 is 24.1 Å². The number of ketones is 1. The van der Waals surface area contributed by atoms with Crippen LogP contribution in [0, 0.1) is 17.8 Å². The van der Waals surface area contributed by atoms with Crippen LogP contribution in [0.2, 0.25) is 0 Å². The van der Waals surface area contributed by atoms with Crippen LogP contribution >= 0.6 is 0 Å². The molecule has 0 heterocycles. The van der Waals surface area contributed by atoms with E-state index in [-0.39, 0.29) is 11.3 Å². The van der Waals surface area contributed by atoms with Crippen LogP contribution in [0.25, 0.3) is 0 Å². The summed E-state index contributed by atoms with van der Waals surface area (Å²) in [5.41, 5.74) is -1.79. The lowest BCUT2D eigenvalue weighted by molar-refractivity contribution is -0.175. The number of benzene rings is 1. The molecule has 1 aromatic rings. The Morgan fingerprint density at radius 1 is 1.13 bits per heavy atom. The van der Waals surface area contributed by atoms with E-state index in [4.69, 9.17) is 0 Å². The Kier molecular flexibility index (Phi) is 7.11. The zero-order valence-electron chi connectivity index (χ0n) is 17.8. The number of hydrogen-bond donors (Lipinski definition) is 1. The van der Waals surface area contributed by atoms with Crippen molar-refractivity contribution >= 4 is 5.78 Å². The van der Waals surface area contributed by atoms with Crippen LogP contribution in [0.15, 0.2) is 36.9 Å². The predicted octanol–water partition coefficient (Wildman–Crippen LogP) is 6.62. The van der Waals surface area contributed by atoms with Gasteiger partial charge in [-0.3, -0.25) is 4.79 Å². The Morgan fingerprint density at radius 3 is 2.17 bits per heavy atom. The zero-order chi connectivity index (χ0) is 21.9. The highest BCUT2D eigenvalue weighted by molar-refractivity contribution is 5.96. The van der Waals surface area contributed by atoms with E-state index in [1.165, 1.54) is 37.1 Å². The number of allylic oxidation sites excluding steroid dienone is 1. The number of carbonyl (C=O) groups is 1. The van der Waals surface area contributed by atoms with E-state index in [2.05, 4.69) is 6.58 Å². The highest BCUT2D eigenvalue weighted by Gasteiger charge is 2.49. The van der Waals surface area contributed by atoms with Gasteiger partial charge in [-0.05, 0) is 75.2 Å². The second-order valence-electron chi connectivity index (χ2n) is 9.32. The largest absolute Gasteiger partial charge is 0.379 e. The lowest BCUT2D eigenvalue weighted by Gasteiger charge is -2.32. The van der Waals surface area contributed by atoms with Gasteiger partial charge in [0.2, 0.25) is 0 Å². The number of aliphatic hydroxyl groups is 1. The molecule has 2 aliphatic carbocycles. The molecule has 166 valence electrons. The summed E-state index contributed by atoms with van der Waals surface area (Å²) < 4.78 is 41.9. The number of rotatable bonds is 10. The monoisotopic (exact) mass is 422 g/mol. The number of Topliss-reactive ketones (excluding diaryl/α,β-unsaturated/α-hetero) is 1. The summed E-state index contributed by atoms with van der Waals surface area (Å²) in [7, 11) is 0. The molecule has 0 bridgehead atoms. The molecule has 30 heavy (non-hydrogen) atoms. The van der Waals surface area contributed by atoms with Gasteiger partial charge in [-0.25, -0.2) is 13.2 Å². The SMILES string of the molecule is C=CCC(F)(F)[C@@](C)(O)c1ccc(C(=O)CCC(C2CCC(F)CC2)C2CC2)cc1. The van der Waals surface area contributed by atoms with E-state index >= 15 is 0 Å². The quantitative estimate of drug-likeness (QED) is 0.340. The standard InChI is InChI=1S/C25H33F3O2/c1-3-16-25(27,28)24(2,30)20-10-6-19(7-11-20)23(29)15-14-22(17-4-5-17)18-8-12-21(26)13-9-18/h3,6-7,10-11,17-18,21-22,30H,1,4-5,8-9,12-16H2,2H3/t18?,21?,22?,24-/m0/s1. The third-order valence-corrected chi connectivity index (χ3v) is 7.12. The molecule has 3 rings (SSSR count). The van der Waals surface area contributed by atoms with Crippen LogP contribution in [0.5, 0.6) is 0 Å². The summed E-state index contributed by atoms with van der Waals surface area (Å²) in [5.74, 6) is -1.69. The van der Waals surface area contributed by atoms with Crippen LogP contribution < -0.4 is 0 Å². The molecule has 2 fully saturated rings. The first-order chi connectivity index (χ1) is 14.2. The lowest BCUT2D eigenvalue weighted by atomic mass is 9.75. The third-order valence-electron chi connectivity index (χ3n) is 7.12. The van der Waals surface area contributed by atoms with Crippen molar-refractivity contribution in [3.05, 3.63) is 48.0 Å². The lowest BCUT2D eigenvalue weighted by Crippen LogP contribution is -2.42. The fourth-order valence-electron chi connectivity index (χ4n) is 4.90. The van der Waals surface area contributed by atoms with Gasteiger partial charge < -0.3 is 5.11 Å². The van der Waals surface area contributed by atoms with E-state index in [9.17, 15) is 23.1 Å². The third kappa shape index (κ3) is 5.16. The molecule has 2 atom stereocenters. The second-order valence-corrected chi connectivity index (χ2v) is 9.32. The Labute approximate surface area is 177 Å². The maximum absolute atomic E-state index is 14.2. The highest BCUT2D eigenvalue weighted by atomic mass is 19.3. The molecule has 0 radical (unpaired) electrons. The number of alkyl halides is 3. The summed E-state index contributed by atoms with van der Waals surface area (Å²) in [6.07, 6.45) is 6.53. The van der Waals surface area contributed by atoms with Crippen LogP contribution in [-0.4, -0.2) is 23.0 Å². The van der Waals surface area contributed by atoms with Crippen molar-refractivity contribution in [1.82, 2.24) is 0 Å². The molecular formula is C25H33F3O2. The van der Waals surface area contributed by atoms with Crippen molar-refractivity contribution in [3.63, 3.8) is 0 Å². The maximum atomic E-state index is 14.2. The summed E-state index contributed by atoms with van der Waals surface area (Å²) in [4.78, 5) is 12.7. The van der Waals surface area contributed by atoms with Crippen molar-refractivity contribution in [3.8, 4) is 0 Å². The molecule has 0 saturated heterocycles. The first-order valence-corrected chi connectivity index (χ1v) is 11.1. The van der Waals surface area contributed by atoms with Gasteiger partial charge in [0, 0.05) is 18.4 Å². The molecule has 0 spiro atoms. The summed E-state index contributed by atoms with van der Waals surface area (Å²) in [6, 6.07) is 5.86. The van der Waals surface area contributed by atoms with Gasteiger partial charge in [-0.15, -0.1) is 6.58 Å². The number of carbonyl (C=O) groups excluding carboxylic acids is 1. The van der Waals surface area contributed by atoms with E-state index in [0.29, 0.717) is 42.6 Å². The van der Waals surface area contributed by atoms with Crippen LogP contribution in [0.1, 0.15) is 80.6 Å². The molecule has 1 unspecified atom stereocenters. The Balaban J connectivity index is 1.61. The first kappa shape index (κ1) is 23.1. The van der Waals surface area contributed by atoms with E-state index in [1.807, 2.05) is 0 Å². The van der Waals surface area contributed by atoms with Crippen LogP contribution in [-0.2, 0) is 5.60 Å². The normalized spacial score (nSPS) is 25.4.